The summed E-state index contributed by atoms with van der Waals surface area (Å²) in [7, 11) is 0. The minimum absolute atomic E-state index is 0.0119. The van der Waals surface area contributed by atoms with Gasteiger partial charge >= 0.3 is 0 Å². The van der Waals surface area contributed by atoms with Crippen molar-refractivity contribution in [2.45, 2.75) is 17.3 Å². The van der Waals surface area contributed by atoms with Gasteiger partial charge in [0.05, 0.1) is 6.61 Å². The first-order valence-corrected chi connectivity index (χ1v) is 4.82. The SMILES string of the molecule is CC(CO)Sc1nc(N)nc(Cl)n1. The Balaban J connectivity index is 2.77. The topological polar surface area (TPSA) is 84.9 Å². The standard InChI is InChI=1S/C6H9ClN4OS/c1-3(2-12)13-6-10-4(7)9-5(8)11-6/h3,12H,2H2,1H3,(H2,8,9,10,11). The van der Waals surface area contributed by atoms with Crippen LogP contribution in [0, 0.1) is 0 Å². The minimum Gasteiger partial charge on any atom is -0.395 e. The lowest BCUT2D eigenvalue weighted by Crippen LogP contribution is -2.05. The van der Waals surface area contributed by atoms with Gasteiger partial charge in [0.2, 0.25) is 11.2 Å². The van der Waals surface area contributed by atoms with Gasteiger partial charge in [-0.25, -0.2) is 0 Å². The molecule has 0 aliphatic heterocycles. The molecule has 1 heterocycles. The number of nitrogen functional groups attached to an aromatic ring is 1. The van der Waals surface area contributed by atoms with E-state index in [0.29, 0.717) is 5.16 Å². The molecule has 1 rings (SSSR count). The normalized spacial score (nSPS) is 12.8. The predicted molar refractivity (Wildman–Crippen MR) is 51.7 cm³/mol. The van der Waals surface area contributed by atoms with Crippen molar-refractivity contribution in [3.63, 3.8) is 0 Å². The number of hydrogen-bond acceptors (Lipinski definition) is 6. The maximum absolute atomic E-state index is 8.78. The number of halogens is 1. The minimum atomic E-state index is 0.0119. The summed E-state index contributed by atoms with van der Waals surface area (Å²) in [5.74, 6) is 0.0904. The molecule has 0 aliphatic carbocycles. The van der Waals surface area contributed by atoms with Crippen LogP contribution in [0.4, 0.5) is 5.95 Å². The lowest BCUT2D eigenvalue weighted by atomic mass is 10.5. The first-order chi connectivity index (χ1) is 6.11. The van der Waals surface area contributed by atoms with E-state index in [1.165, 1.54) is 11.8 Å². The van der Waals surface area contributed by atoms with Crippen LogP contribution in [-0.2, 0) is 0 Å². The second kappa shape index (κ2) is 4.59. The highest BCUT2D eigenvalue weighted by molar-refractivity contribution is 7.99. The summed E-state index contributed by atoms with van der Waals surface area (Å²) in [4.78, 5) is 11.3. The van der Waals surface area contributed by atoms with E-state index in [1.54, 1.807) is 0 Å². The first-order valence-electron chi connectivity index (χ1n) is 3.56. The number of hydrogen-bond donors (Lipinski definition) is 2. The third-order valence-electron chi connectivity index (χ3n) is 1.17. The van der Waals surface area contributed by atoms with Crippen LogP contribution < -0.4 is 5.73 Å². The van der Waals surface area contributed by atoms with Gasteiger partial charge in [-0.1, -0.05) is 18.7 Å². The molecule has 0 saturated carbocycles. The van der Waals surface area contributed by atoms with Gasteiger partial charge in [0, 0.05) is 5.25 Å². The molecule has 0 fully saturated rings. The summed E-state index contributed by atoms with van der Waals surface area (Å²) >= 11 is 6.85. The molecule has 0 radical (unpaired) electrons. The summed E-state index contributed by atoms with van der Waals surface area (Å²) in [5.41, 5.74) is 5.35. The van der Waals surface area contributed by atoms with Crippen molar-refractivity contribution < 1.29 is 5.11 Å². The van der Waals surface area contributed by atoms with Crippen molar-refractivity contribution in [1.82, 2.24) is 15.0 Å². The Morgan fingerprint density at radius 1 is 1.54 bits per heavy atom. The van der Waals surface area contributed by atoms with Crippen molar-refractivity contribution >= 4 is 29.3 Å². The molecule has 0 bridgehead atoms. The number of anilines is 1. The van der Waals surface area contributed by atoms with Gasteiger partial charge in [-0.05, 0) is 11.6 Å². The zero-order valence-corrected chi connectivity index (χ0v) is 8.51. The maximum atomic E-state index is 8.78. The maximum Gasteiger partial charge on any atom is 0.228 e. The van der Waals surface area contributed by atoms with Crippen LogP contribution in [-0.4, -0.2) is 31.9 Å². The summed E-state index contributed by atoms with van der Waals surface area (Å²) in [6.07, 6.45) is 0. The molecule has 1 atom stereocenters. The molecule has 0 spiro atoms. The van der Waals surface area contributed by atoms with E-state index in [4.69, 9.17) is 22.4 Å². The van der Waals surface area contributed by atoms with E-state index >= 15 is 0 Å². The molecular weight excluding hydrogens is 212 g/mol. The number of aliphatic hydroxyl groups excluding tert-OH is 1. The van der Waals surface area contributed by atoms with Crippen molar-refractivity contribution in [2.75, 3.05) is 12.3 Å². The second-order valence-corrected chi connectivity index (χ2v) is 4.10. The number of aliphatic hydroxyl groups is 1. The van der Waals surface area contributed by atoms with Gasteiger partial charge in [0.25, 0.3) is 0 Å². The molecule has 0 aromatic carbocycles. The summed E-state index contributed by atoms with van der Waals surface area (Å²) in [6.45, 7) is 1.90. The van der Waals surface area contributed by atoms with E-state index in [2.05, 4.69) is 15.0 Å². The van der Waals surface area contributed by atoms with Gasteiger partial charge in [-0.3, -0.25) is 0 Å². The highest BCUT2D eigenvalue weighted by Crippen LogP contribution is 2.20. The highest BCUT2D eigenvalue weighted by Gasteiger charge is 2.07. The lowest BCUT2D eigenvalue weighted by molar-refractivity contribution is 0.300. The summed E-state index contributed by atoms with van der Waals surface area (Å²) in [5, 5.41) is 9.29. The van der Waals surface area contributed by atoms with Gasteiger partial charge in [0.15, 0.2) is 5.16 Å². The Labute approximate surface area is 84.7 Å². The van der Waals surface area contributed by atoms with Gasteiger partial charge in [0.1, 0.15) is 0 Å². The molecule has 0 aliphatic rings. The van der Waals surface area contributed by atoms with Gasteiger partial charge in [-0.15, -0.1) is 0 Å². The number of thioether (sulfide) groups is 1. The van der Waals surface area contributed by atoms with Crippen molar-refractivity contribution in [2.24, 2.45) is 0 Å². The zero-order chi connectivity index (χ0) is 9.84. The van der Waals surface area contributed by atoms with E-state index in [9.17, 15) is 0 Å². The number of rotatable bonds is 3. The molecule has 13 heavy (non-hydrogen) atoms. The van der Waals surface area contributed by atoms with E-state index in [-0.39, 0.29) is 23.1 Å². The van der Waals surface area contributed by atoms with Crippen LogP contribution in [0.15, 0.2) is 5.16 Å². The Morgan fingerprint density at radius 2 is 2.23 bits per heavy atom. The predicted octanol–water partition coefficient (Wildman–Crippen LogP) is 0.580. The fourth-order valence-corrected chi connectivity index (χ4v) is 1.55. The van der Waals surface area contributed by atoms with E-state index < -0.39 is 0 Å². The number of nitrogens with zero attached hydrogens (tertiary/aromatic N) is 3. The second-order valence-electron chi connectivity index (χ2n) is 2.36. The van der Waals surface area contributed by atoms with Crippen molar-refractivity contribution in [3.05, 3.63) is 5.28 Å². The van der Waals surface area contributed by atoms with Gasteiger partial charge in [-0.2, -0.15) is 15.0 Å². The average molecular weight is 221 g/mol. The molecular formula is C6H9ClN4OS. The lowest BCUT2D eigenvalue weighted by Gasteiger charge is -2.05. The zero-order valence-electron chi connectivity index (χ0n) is 6.94. The molecule has 7 heteroatoms. The fraction of sp³-hybridized carbons (Fsp3) is 0.500. The van der Waals surface area contributed by atoms with Crippen LogP contribution in [0.1, 0.15) is 6.92 Å². The molecule has 1 aromatic heterocycles. The van der Waals surface area contributed by atoms with Gasteiger partial charge < -0.3 is 10.8 Å². The molecule has 3 N–H and O–H groups in total. The molecule has 1 aromatic rings. The first kappa shape index (κ1) is 10.5. The third-order valence-corrected chi connectivity index (χ3v) is 2.28. The quantitative estimate of drug-likeness (QED) is 0.725. The molecule has 1 unspecified atom stereocenters. The fourth-order valence-electron chi connectivity index (χ4n) is 0.616. The van der Waals surface area contributed by atoms with E-state index in [0.717, 1.165) is 0 Å². The van der Waals surface area contributed by atoms with Crippen LogP contribution in [0.3, 0.4) is 0 Å². The molecule has 0 saturated heterocycles. The smallest absolute Gasteiger partial charge is 0.228 e. The molecule has 72 valence electrons. The summed E-state index contributed by atoms with van der Waals surface area (Å²) in [6, 6.07) is 0. The Morgan fingerprint density at radius 3 is 2.77 bits per heavy atom. The largest absolute Gasteiger partial charge is 0.395 e. The van der Waals surface area contributed by atoms with Crippen LogP contribution in [0.25, 0.3) is 0 Å². The monoisotopic (exact) mass is 220 g/mol. The Bertz CT molecular complexity index is 278. The molecule has 5 nitrogen and oxygen atoms in total. The van der Waals surface area contributed by atoms with Crippen molar-refractivity contribution in [1.29, 1.82) is 0 Å². The third kappa shape index (κ3) is 3.33. The van der Waals surface area contributed by atoms with E-state index in [1.807, 2.05) is 6.92 Å². The number of aromatic nitrogens is 3. The van der Waals surface area contributed by atoms with Crippen LogP contribution in [0.2, 0.25) is 5.28 Å². The molecule has 0 amide bonds. The summed E-state index contributed by atoms with van der Waals surface area (Å²) < 4.78 is 0. The highest BCUT2D eigenvalue weighted by atomic mass is 35.5. The van der Waals surface area contributed by atoms with Crippen LogP contribution in [0.5, 0.6) is 0 Å². The number of nitrogens with two attached hydrogens (primary N) is 1. The Kier molecular flexibility index (Phi) is 3.71. The van der Waals surface area contributed by atoms with Crippen molar-refractivity contribution in [3.8, 4) is 0 Å². The Hall–Kier alpha value is -0.590. The average Bonchev–Trinajstić information content (AvgIpc) is 2.02. The van der Waals surface area contributed by atoms with Crippen LogP contribution >= 0.6 is 23.4 Å².